The van der Waals surface area contributed by atoms with Crippen LogP contribution < -0.4 is 0 Å². The molecule has 0 saturated heterocycles. The largest absolute Gasteiger partial charge is 0.352 e. The molecule has 2 aromatic carbocycles. The predicted octanol–water partition coefficient (Wildman–Crippen LogP) is 3.92. The van der Waals surface area contributed by atoms with Gasteiger partial charge in [-0.3, -0.25) is 4.79 Å². The fourth-order valence-electron chi connectivity index (χ4n) is 3.27. The highest BCUT2D eigenvalue weighted by Gasteiger charge is 2.18. The smallest absolute Gasteiger partial charge is 0.225 e. The number of H-pyrrole nitrogens is 1. The fraction of sp³-hybridized carbons (Fsp3) is 0.190. The zero-order valence-electron chi connectivity index (χ0n) is 14.5. The molecule has 0 fully saturated rings. The lowest BCUT2D eigenvalue weighted by atomic mass is 10.2. The Balaban J connectivity index is 1.81. The van der Waals surface area contributed by atoms with E-state index in [1.54, 1.807) is 0 Å². The van der Waals surface area contributed by atoms with Gasteiger partial charge in [-0.2, -0.15) is 0 Å². The van der Waals surface area contributed by atoms with Crippen LogP contribution in [0.1, 0.15) is 16.2 Å². The Morgan fingerprint density at radius 2 is 1.72 bits per heavy atom. The molecule has 4 heteroatoms. The summed E-state index contributed by atoms with van der Waals surface area (Å²) < 4.78 is 2.13. The van der Waals surface area contributed by atoms with Crippen LogP contribution in [0, 0.1) is 0 Å². The third kappa shape index (κ3) is 2.85. The SMILES string of the molecule is CN(C)CCn1c(C(=O)c2cc3ccccc3[nH]2)cc2ccccc21. The van der Waals surface area contributed by atoms with Crippen molar-refractivity contribution >= 4 is 27.6 Å². The number of benzene rings is 2. The van der Waals surface area contributed by atoms with E-state index in [2.05, 4.69) is 26.6 Å². The summed E-state index contributed by atoms with van der Waals surface area (Å²) in [5.41, 5.74) is 3.45. The van der Waals surface area contributed by atoms with Gasteiger partial charge in [-0.15, -0.1) is 0 Å². The van der Waals surface area contributed by atoms with Crippen molar-refractivity contribution in [2.75, 3.05) is 20.6 Å². The van der Waals surface area contributed by atoms with Gasteiger partial charge in [0.25, 0.3) is 0 Å². The molecule has 126 valence electrons. The monoisotopic (exact) mass is 331 g/mol. The number of aromatic amines is 1. The van der Waals surface area contributed by atoms with Gasteiger partial charge in [0.2, 0.25) is 5.78 Å². The van der Waals surface area contributed by atoms with Crippen molar-refractivity contribution in [2.45, 2.75) is 6.54 Å². The number of hydrogen-bond donors (Lipinski definition) is 1. The molecule has 4 nitrogen and oxygen atoms in total. The van der Waals surface area contributed by atoms with Crippen LogP contribution >= 0.6 is 0 Å². The first-order valence-electron chi connectivity index (χ1n) is 8.49. The van der Waals surface area contributed by atoms with Gasteiger partial charge in [0.05, 0.1) is 11.4 Å². The summed E-state index contributed by atoms with van der Waals surface area (Å²) in [6, 6.07) is 20.1. The first-order valence-corrected chi connectivity index (χ1v) is 8.49. The van der Waals surface area contributed by atoms with Crippen LogP contribution in [0.4, 0.5) is 0 Å². The average Bonchev–Trinajstić information content (AvgIpc) is 3.20. The molecule has 0 aliphatic carbocycles. The first-order chi connectivity index (χ1) is 12.1. The molecule has 0 aliphatic rings. The molecule has 25 heavy (non-hydrogen) atoms. The number of ketones is 1. The van der Waals surface area contributed by atoms with E-state index in [1.165, 1.54) is 0 Å². The highest BCUT2D eigenvalue weighted by atomic mass is 16.1. The lowest BCUT2D eigenvalue weighted by Crippen LogP contribution is -2.20. The van der Waals surface area contributed by atoms with E-state index in [-0.39, 0.29) is 5.78 Å². The maximum Gasteiger partial charge on any atom is 0.225 e. The van der Waals surface area contributed by atoms with E-state index in [0.717, 1.165) is 40.6 Å². The minimum atomic E-state index is 0.0335. The summed E-state index contributed by atoms with van der Waals surface area (Å²) in [6.07, 6.45) is 0. The van der Waals surface area contributed by atoms with Crippen LogP contribution in [0.3, 0.4) is 0 Å². The fourth-order valence-corrected chi connectivity index (χ4v) is 3.27. The summed E-state index contributed by atoms with van der Waals surface area (Å²) in [6.45, 7) is 1.66. The average molecular weight is 331 g/mol. The molecule has 0 atom stereocenters. The van der Waals surface area contributed by atoms with Gasteiger partial charge >= 0.3 is 0 Å². The van der Waals surface area contributed by atoms with E-state index >= 15 is 0 Å². The number of hydrogen-bond acceptors (Lipinski definition) is 2. The van der Waals surface area contributed by atoms with Crippen LogP contribution in [0.15, 0.2) is 60.7 Å². The number of carbonyl (C=O) groups excluding carboxylic acids is 1. The molecule has 0 spiro atoms. The molecule has 0 aliphatic heterocycles. The molecule has 1 N–H and O–H groups in total. The second-order valence-electron chi connectivity index (χ2n) is 6.64. The van der Waals surface area contributed by atoms with Crippen molar-refractivity contribution in [2.24, 2.45) is 0 Å². The highest BCUT2D eigenvalue weighted by molar-refractivity contribution is 6.11. The van der Waals surface area contributed by atoms with Gasteiger partial charge in [0, 0.05) is 34.9 Å². The number of carbonyl (C=O) groups is 1. The van der Waals surface area contributed by atoms with Crippen molar-refractivity contribution in [1.29, 1.82) is 0 Å². The number of likely N-dealkylation sites (N-methyl/N-ethyl adjacent to an activating group) is 1. The van der Waals surface area contributed by atoms with Crippen LogP contribution in [0.25, 0.3) is 21.8 Å². The molecule has 4 rings (SSSR count). The molecular weight excluding hydrogens is 310 g/mol. The molecule has 0 bridgehead atoms. The van der Waals surface area contributed by atoms with Crippen molar-refractivity contribution in [3.63, 3.8) is 0 Å². The third-order valence-electron chi connectivity index (χ3n) is 4.59. The lowest BCUT2D eigenvalue weighted by Gasteiger charge is -2.13. The van der Waals surface area contributed by atoms with Gasteiger partial charge in [-0.05, 0) is 38.4 Å². The Bertz CT molecular complexity index is 1020. The second-order valence-corrected chi connectivity index (χ2v) is 6.64. The summed E-state index contributed by atoms with van der Waals surface area (Å²) in [5.74, 6) is 0.0335. The lowest BCUT2D eigenvalue weighted by molar-refractivity contribution is 0.102. The standard InChI is InChI=1S/C21H21N3O/c1-23(2)11-12-24-19-10-6-4-8-16(19)14-20(24)21(25)18-13-15-7-3-5-9-17(15)22-18/h3-10,13-14,22H,11-12H2,1-2H3. The molecule has 4 aromatic rings. The molecular formula is C21H21N3O. The van der Waals surface area contributed by atoms with E-state index in [9.17, 15) is 4.79 Å². The Morgan fingerprint density at radius 3 is 2.48 bits per heavy atom. The van der Waals surface area contributed by atoms with Crippen LogP contribution in [0.5, 0.6) is 0 Å². The number of fused-ring (bicyclic) bond motifs is 2. The third-order valence-corrected chi connectivity index (χ3v) is 4.59. The molecule has 0 amide bonds. The molecule has 2 aromatic heterocycles. The predicted molar refractivity (Wildman–Crippen MR) is 102 cm³/mol. The minimum Gasteiger partial charge on any atom is -0.352 e. The zero-order valence-corrected chi connectivity index (χ0v) is 14.5. The quantitative estimate of drug-likeness (QED) is 0.563. The van der Waals surface area contributed by atoms with Crippen LogP contribution in [-0.2, 0) is 6.54 Å². The number of nitrogens with one attached hydrogen (secondary N) is 1. The van der Waals surface area contributed by atoms with E-state index < -0.39 is 0 Å². The minimum absolute atomic E-state index is 0.0335. The molecule has 0 unspecified atom stereocenters. The van der Waals surface area contributed by atoms with E-state index in [4.69, 9.17) is 0 Å². The summed E-state index contributed by atoms with van der Waals surface area (Å²) in [7, 11) is 4.09. The van der Waals surface area contributed by atoms with Gasteiger partial charge in [-0.1, -0.05) is 36.4 Å². The molecule has 0 radical (unpaired) electrons. The van der Waals surface area contributed by atoms with Crippen molar-refractivity contribution in [3.05, 3.63) is 72.1 Å². The van der Waals surface area contributed by atoms with E-state index in [1.807, 2.05) is 62.6 Å². The van der Waals surface area contributed by atoms with Gasteiger partial charge < -0.3 is 14.5 Å². The van der Waals surface area contributed by atoms with E-state index in [0.29, 0.717) is 5.69 Å². The topological polar surface area (TPSA) is 41.0 Å². The normalized spacial score (nSPS) is 11.6. The van der Waals surface area contributed by atoms with Crippen molar-refractivity contribution in [1.82, 2.24) is 14.5 Å². The van der Waals surface area contributed by atoms with Gasteiger partial charge in [0.1, 0.15) is 0 Å². The number of aromatic nitrogens is 2. The van der Waals surface area contributed by atoms with Crippen LogP contribution in [0.2, 0.25) is 0 Å². The maximum absolute atomic E-state index is 13.2. The summed E-state index contributed by atoms with van der Waals surface area (Å²) >= 11 is 0. The van der Waals surface area contributed by atoms with Crippen molar-refractivity contribution < 1.29 is 4.79 Å². The highest BCUT2D eigenvalue weighted by Crippen LogP contribution is 2.23. The maximum atomic E-state index is 13.2. The Labute approximate surface area is 146 Å². The summed E-state index contributed by atoms with van der Waals surface area (Å²) in [5, 5.41) is 2.16. The number of para-hydroxylation sites is 2. The van der Waals surface area contributed by atoms with Gasteiger partial charge in [0.15, 0.2) is 0 Å². The Morgan fingerprint density at radius 1 is 1.00 bits per heavy atom. The zero-order chi connectivity index (χ0) is 17.4. The first kappa shape index (κ1) is 15.7. The Hall–Kier alpha value is -2.85. The number of nitrogens with zero attached hydrogens (tertiary/aromatic N) is 2. The van der Waals surface area contributed by atoms with Crippen molar-refractivity contribution in [3.8, 4) is 0 Å². The second kappa shape index (κ2) is 6.22. The van der Waals surface area contributed by atoms with Gasteiger partial charge in [-0.25, -0.2) is 0 Å². The molecule has 0 saturated carbocycles. The Kier molecular flexibility index (Phi) is 3.90. The summed E-state index contributed by atoms with van der Waals surface area (Å²) in [4.78, 5) is 18.6. The number of rotatable bonds is 5. The van der Waals surface area contributed by atoms with Crippen LogP contribution in [-0.4, -0.2) is 40.9 Å². The molecule has 2 heterocycles.